The summed E-state index contributed by atoms with van der Waals surface area (Å²) in [5, 5.41) is 24.0. The first-order valence-corrected chi connectivity index (χ1v) is 19.1. The Morgan fingerprint density at radius 1 is 0.917 bits per heavy atom. The van der Waals surface area contributed by atoms with E-state index in [9.17, 15) is 19.8 Å². The zero-order valence-corrected chi connectivity index (χ0v) is 29.8. The van der Waals surface area contributed by atoms with E-state index in [4.69, 9.17) is 4.74 Å². The second-order valence-electron chi connectivity index (χ2n) is 18.3. The van der Waals surface area contributed by atoms with E-state index in [2.05, 4.69) is 45.9 Å². The fraction of sp³-hybridized carbons (Fsp3) is 0.714. The van der Waals surface area contributed by atoms with Crippen LogP contribution in [0, 0.1) is 56.7 Å². The van der Waals surface area contributed by atoms with Crippen LogP contribution in [0.25, 0.3) is 0 Å². The minimum Gasteiger partial charge on any atom is -0.450 e. The highest BCUT2D eigenvalue weighted by atomic mass is 16.6. The van der Waals surface area contributed by atoms with Gasteiger partial charge in [-0.05, 0) is 112 Å². The standard InChI is InChI=1S/C42H57NO5/c1-6-48-36(46)43(25-28-12-13-29-22-31(28)37(29,2)3)26-41(47)19-16-34-39(41,5)18-15-33-38(4)17-14-30(44)23-40(38)20-21-42(33,34)32(24-40)35(45)27-10-8-7-9-11-27/h7-11,20-21,24,28-31,33-34,44,47H,6,12-19,22-23,25-26H2,1-5H3. The molecule has 0 radical (unpaired) electrons. The van der Waals surface area contributed by atoms with Gasteiger partial charge in [0, 0.05) is 33.9 Å². The molecule has 2 N–H and O–H groups in total. The third kappa shape index (κ3) is 4.17. The topological polar surface area (TPSA) is 87.1 Å². The van der Waals surface area contributed by atoms with Crippen LogP contribution in [0.4, 0.5) is 4.79 Å². The Morgan fingerprint density at radius 3 is 2.33 bits per heavy atom. The Morgan fingerprint density at radius 2 is 1.62 bits per heavy atom. The van der Waals surface area contributed by atoms with E-state index in [1.807, 2.05) is 42.2 Å². The molecule has 0 aromatic heterocycles. The number of carbonyl (C=O) groups excluding carboxylic acids is 2. The van der Waals surface area contributed by atoms with Crippen molar-refractivity contribution in [2.24, 2.45) is 56.7 Å². The van der Waals surface area contributed by atoms with Crippen molar-refractivity contribution < 1.29 is 24.5 Å². The van der Waals surface area contributed by atoms with Crippen LogP contribution in [0.15, 0.2) is 54.1 Å². The van der Waals surface area contributed by atoms with Gasteiger partial charge in [0.1, 0.15) is 0 Å². The molecule has 4 bridgehead atoms. The van der Waals surface area contributed by atoms with Crippen LogP contribution >= 0.6 is 0 Å². The molecule has 1 aromatic carbocycles. The van der Waals surface area contributed by atoms with Crippen molar-refractivity contribution in [3.05, 3.63) is 59.7 Å². The molecule has 0 aliphatic heterocycles. The highest BCUT2D eigenvalue weighted by Gasteiger charge is 2.74. The van der Waals surface area contributed by atoms with Crippen LogP contribution < -0.4 is 0 Å². The molecule has 9 aliphatic rings. The third-order valence-electron chi connectivity index (χ3n) is 16.4. The molecule has 48 heavy (non-hydrogen) atoms. The van der Waals surface area contributed by atoms with Crippen molar-refractivity contribution in [3.8, 4) is 0 Å². The molecule has 0 saturated heterocycles. The first-order valence-electron chi connectivity index (χ1n) is 19.1. The van der Waals surface area contributed by atoms with Crippen LogP contribution in [0.2, 0.25) is 0 Å². The number of carbonyl (C=O) groups is 2. The maximum absolute atomic E-state index is 14.7. The molecule has 6 fully saturated rings. The highest BCUT2D eigenvalue weighted by Crippen LogP contribution is 2.78. The number of amides is 1. The fourth-order valence-corrected chi connectivity index (χ4v) is 13.5. The number of allylic oxidation sites excluding steroid dienone is 4. The smallest absolute Gasteiger partial charge is 0.409 e. The lowest BCUT2D eigenvalue weighted by atomic mass is 9.32. The molecule has 6 nitrogen and oxygen atoms in total. The summed E-state index contributed by atoms with van der Waals surface area (Å²) < 4.78 is 5.67. The number of benzene rings is 1. The van der Waals surface area contributed by atoms with Gasteiger partial charge in [0.05, 0.1) is 24.9 Å². The van der Waals surface area contributed by atoms with Crippen LogP contribution in [0.1, 0.15) is 109 Å². The van der Waals surface area contributed by atoms with Crippen molar-refractivity contribution in [1.82, 2.24) is 4.90 Å². The van der Waals surface area contributed by atoms with E-state index >= 15 is 0 Å². The summed E-state index contributed by atoms with van der Waals surface area (Å²) in [6, 6.07) is 9.68. The monoisotopic (exact) mass is 655 g/mol. The summed E-state index contributed by atoms with van der Waals surface area (Å²) in [6.45, 7) is 12.6. The van der Waals surface area contributed by atoms with Gasteiger partial charge in [-0.15, -0.1) is 0 Å². The molecule has 11 unspecified atom stereocenters. The van der Waals surface area contributed by atoms with Gasteiger partial charge in [-0.3, -0.25) is 4.79 Å². The Kier molecular flexibility index (Phi) is 7.35. The number of ether oxygens (including phenoxy) is 1. The summed E-state index contributed by atoms with van der Waals surface area (Å²) in [7, 11) is 0. The predicted octanol–water partition coefficient (Wildman–Crippen LogP) is 7.99. The number of aliphatic hydroxyl groups is 2. The van der Waals surface area contributed by atoms with E-state index in [0.717, 1.165) is 50.0 Å². The Hall–Kier alpha value is -2.44. The quantitative estimate of drug-likeness (QED) is 0.230. The van der Waals surface area contributed by atoms with Crippen LogP contribution in [0.3, 0.4) is 0 Å². The van der Waals surface area contributed by atoms with Gasteiger partial charge >= 0.3 is 6.09 Å². The number of nitrogens with zero attached hydrogens (tertiary/aromatic N) is 1. The predicted molar refractivity (Wildman–Crippen MR) is 186 cm³/mol. The number of aliphatic hydroxyl groups excluding tert-OH is 1. The van der Waals surface area contributed by atoms with E-state index in [1.165, 1.54) is 12.8 Å². The number of ketones is 1. The van der Waals surface area contributed by atoms with Gasteiger partial charge in [-0.1, -0.05) is 76.3 Å². The molecule has 2 spiro atoms. The van der Waals surface area contributed by atoms with Gasteiger partial charge in [-0.25, -0.2) is 4.79 Å². The molecule has 10 rings (SSSR count). The number of rotatable bonds is 7. The molecule has 260 valence electrons. The van der Waals surface area contributed by atoms with Crippen molar-refractivity contribution in [1.29, 1.82) is 0 Å². The molecule has 1 aromatic rings. The lowest BCUT2D eigenvalue weighted by Gasteiger charge is -2.71. The molecule has 6 saturated carbocycles. The molecule has 6 heteroatoms. The third-order valence-corrected chi connectivity index (χ3v) is 16.4. The van der Waals surface area contributed by atoms with Gasteiger partial charge < -0.3 is 19.8 Å². The number of hydrogen-bond acceptors (Lipinski definition) is 5. The SMILES string of the molecule is CCOC(=O)N(CC1CCC2CC1C2(C)C)CC1(O)CCC2C34C=CC5(C=C3C(=O)c3ccccc3)CC(O)CCC5(C)C4CCC21C. The van der Waals surface area contributed by atoms with Gasteiger partial charge in [0.2, 0.25) is 0 Å². The first kappa shape index (κ1) is 32.7. The molecule has 9 aliphatic carbocycles. The molecule has 0 heterocycles. The number of hydrogen-bond donors (Lipinski definition) is 2. The van der Waals surface area contributed by atoms with Crippen molar-refractivity contribution >= 4 is 11.9 Å². The number of Topliss-reactive ketones (excluding diaryl/α,β-unsaturated/α-hetero) is 1. The minimum absolute atomic E-state index is 0.0518. The summed E-state index contributed by atoms with van der Waals surface area (Å²) in [4.78, 5) is 30.3. The van der Waals surface area contributed by atoms with Crippen LogP contribution in [-0.4, -0.2) is 58.4 Å². The Labute approximate surface area is 287 Å². The maximum Gasteiger partial charge on any atom is 0.409 e. The van der Waals surface area contributed by atoms with Gasteiger partial charge in [-0.2, -0.15) is 0 Å². The van der Waals surface area contributed by atoms with E-state index in [0.29, 0.717) is 48.8 Å². The van der Waals surface area contributed by atoms with Crippen LogP contribution in [0.5, 0.6) is 0 Å². The average Bonchev–Trinajstić information content (AvgIpc) is 3.34. The molecule has 11 atom stereocenters. The summed E-state index contributed by atoms with van der Waals surface area (Å²) >= 11 is 0. The minimum atomic E-state index is -1.10. The Balaban J connectivity index is 1.17. The Bertz CT molecular complexity index is 1550. The number of fused-ring (bicyclic) bond motifs is 3. The van der Waals surface area contributed by atoms with E-state index in [-0.39, 0.29) is 47.2 Å². The molecule has 1 amide bonds. The van der Waals surface area contributed by atoms with Gasteiger partial charge in [0.25, 0.3) is 0 Å². The second-order valence-corrected chi connectivity index (χ2v) is 18.3. The zero-order chi connectivity index (χ0) is 33.9. The van der Waals surface area contributed by atoms with Crippen molar-refractivity contribution in [2.45, 2.75) is 111 Å². The van der Waals surface area contributed by atoms with Crippen molar-refractivity contribution in [2.75, 3.05) is 19.7 Å². The lowest BCUT2D eigenvalue weighted by molar-refractivity contribution is -0.176. The summed E-state index contributed by atoms with van der Waals surface area (Å²) in [5.41, 5.74) is -0.639. The first-order chi connectivity index (χ1) is 22.7. The highest BCUT2D eigenvalue weighted by molar-refractivity contribution is 6.10. The van der Waals surface area contributed by atoms with Crippen molar-refractivity contribution in [3.63, 3.8) is 0 Å². The molecular formula is C42H57NO5. The normalized spacial score (nSPS) is 46.0. The summed E-state index contributed by atoms with van der Waals surface area (Å²) in [5.74, 6) is 2.19. The second kappa shape index (κ2) is 10.8. The zero-order valence-electron chi connectivity index (χ0n) is 29.8. The lowest BCUT2D eigenvalue weighted by Crippen LogP contribution is -2.67. The maximum atomic E-state index is 14.7. The van der Waals surface area contributed by atoms with Crippen LogP contribution in [-0.2, 0) is 4.74 Å². The largest absolute Gasteiger partial charge is 0.450 e. The van der Waals surface area contributed by atoms with E-state index in [1.54, 1.807) is 0 Å². The fourth-order valence-electron chi connectivity index (χ4n) is 13.5. The van der Waals surface area contributed by atoms with Gasteiger partial charge in [0.15, 0.2) is 5.78 Å². The molecular weight excluding hydrogens is 598 g/mol. The summed E-state index contributed by atoms with van der Waals surface area (Å²) in [6.07, 6.45) is 15.5. The average molecular weight is 656 g/mol. The van der Waals surface area contributed by atoms with E-state index < -0.39 is 16.4 Å².